The van der Waals surface area contributed by atoms with Crippen LogP contribution in [0.1, 0.15) is 0 Å². The van der Waals surface area contributed by atoms with E-state index in [4.69, 9.17) is 10.5 Å². The Labute approximate surface area is 94.3 Å². The summed E-state index contributed by atoms with van der Waals surface area (Å²) in [6.07, 6.45) is 1.69. The summed E-state index contributed by atoms with van der Waals surface area (Å²) in [6.45, 7) is 0. The average Bonchev–Trinajstić information content (AvgIpc) is 2.23. The number of nitrogen functional groups attached to an aromatic ring is 1. The zero-order valence-corrected chi connectivity index (χ0v) is 8.78. The second-order valence-electron chi connectivity index (χ2n) is 2.84. The van der Waals surface area contributed by atoms with E-state index in [1.807, 2.05) is 24.3 Å². The predicted molar refractivity (Wildman–Crippen MR) is 62.4 cm³/mol. The maximum Gasteiger partial charge on any atom is 0.219 e. The van der Waals surface area contributed by atoms with Gasteiger partial charge in [-0.1, -0.05) is 6.07 Å². The number of anilines is 1. The topological polar surface area (TPSA) is 48.1 Å². The largest absolute Gasteiger partial charge is 0.439 e. The van der Waals surface area contributed by atoms with Gasteiger partial charge in [0.1, 0.15) is 5.75 Å². The Balaban J connectivity index is 0.00000112. The third kappa shape index (κ3) is 3.14. The van der Waals surface area contributed by atoms with Crippen molar-refractivity contribution >= 4 is 18.1 Å². The lowest BCUT2D eigenvalue weighted by Crippen LogP contribution is -1.87. The van der Waals surface area contributed by atoms with E-state index >= 15 is 0 Å². The van der Waals surface area contributed by atoms with Crippen molar-refractivity contribution in [3.05, 3.63) is 48.7 Å². The van der Waals surface area contributed by atoms with E-state index < -0.39 is 0 Å². The Morgan fingerprint density at radius 3 is 2.33 bits per heavy atom. The molecule has 1 aromatic carbocycles. The first-order chi connectivity index (χ1) is 6.84. The summed E-state index contributed by atoms with van der Waals surface area (Å²) < 4.78 is 5.47. The lowest BCUT2D eigenvalue weighted by Gasteiger charge is -2.03. The lowest BCUT2D eigenvalue weighted by atomic mass is 10.3. The highest BCUT2D eigenvalue weighted by Gasteiger charge is 1.95. The molecular weight excluding hydrogens is 212 g/mol. The summed E-state index contributed by atoms with van der Waals surface area (Å²) in [5.41, 5.74) is 6.27. The van der Waals surface area contributed by atoms with Crippen LogP contribution in [-0.4, -0.2) is 4.98 Å². The summed E-state index contributed by atoms with van der Waals surface area (Å²) in [4.78, 5) is 4.04. The number of pyridine rings is 1. The molecule has 0 saturated carbocycles. The molecule has 0 amide bonds. The molecule has 2 rings (SSSR count). The summed E-state index contributed by atoms with van der Waals surface area (Å²) in [5.74, 6) is 1.31. The van der Waals surface area contributed by atoms with Crippen molar-refractivity contribution in [1.82, 2.24) is 4.98 Å². The minimum absolute atomic E-state index is 0. The molecule has 1 heterocycles. The molecule has 4 heteroatoms. The molecule has 78 valence electrons. The lowest BCUT2D eigenvalue weighted by molar-refractivity contribution is 0.463. The van der Waals surface area contributed by atoms with Crippen molar-refractivity contribution in [2.45, 2.75) is 0 Å². The molecular formula is C11H11ClN2O. The number of nitrogens with two attached hydrogens (primary N) is 1. The van der Waals surface area contributed by atoms with Crippen molar-refractivity contribution in [2.24, 2.45) is 0 Å². The van der Waals surface area contributed by atoms with Crippen molar-refractivity contribution in [2.75, 3.05) is 5.73 Å². The third-order valence-corrected chi connectivity index (χ3v) is 1.74. The highest BCUT2D eigenvalue weighted by molar-refractivity contribution is 5.85. The maximum atomic E-state index is 5.55. The van der Waals surface area contributed by atoms with Crippen LogP contribution in [0.3, 0.4) is 0 Å². The minimum Gasteiger partial charge on any atom is -0.439 e. The van der Waals surface area contributed by atoms with Crippen LogP contribution in [0.15, 0.2) is 48.7 Å². The van der Waals surface area contributed by atoms with E-state index in [-0.39, 0.29) is 12.4 Å². The Kier molecular flexibility index (Phi) is 3.94. The fourth-order valence-electron chi connectivity index (χ4n) is 1.06. The predicted octanol–water partition coefficient (Wildman–Crippen LogP) is 2.88. The third-order valence-electron chi connectivity index (χ3n) is 1.74. The van der Waals surface area contributed by atoms with E-state index in [2.05, 4.69) is 4.98 Å². The van der Waals surface area contributed by atoms with Gasteiger partial charge in [0.2, 0.25) is 5.88 Å². The van der Waals surface area contributed by atoms with Crippen LogP contribution in [0.25, 0.3) is 0 Å². The fourth-order valence-corrected chi connectivity index (χ4v) is 1.06. The van der Waals surface area contributed by atoms with E-state index in [1.165, 1.54) is 0 Å². The molecule has 0 aliphatic rings. The van der Waals surface area contributed by atoms with Gasteiger partial charge in [-0.15, -0.1) is 12.4 Å². The van der Waals surface area contributed by atoms with Gasteiger partial charge in [0, 0.05) is 18.0 Å². The number of rotatable bonds is 2. The molecule has 0 saturated heterocycles. The number of benzene rings is 1. The second kappa shape index (κ2) is 5.22. The van der Waals surface area contributed by atoms with E-state index in [1.54, 1.807) is 24.4 Å². The molecule has 0 bridgehead atoms. The smallest absolute Gasteiger partial charge is 0.219 e. The Bertz CT molecular complexity index is 403. The van der Waals surface area contributed by atoms with Crippen molar-refractivity contribution in [3.8, 4) is 11.6 Å². The fraction of sp³-hybridized carbons (Fsp3) is 0. The van der Waals surface area contributed by atoms with Crippen molar-refractivity contribution in [3.63, 3.8) is 0 Å². The van der Waals surface area contributed by atoms with Crippen LogP contribution in [-0.2, 0) is 0 Å². The number of aromatic nitrogens is 1. The first-order valence-corrected chi connectivity index (χ1v) is 4.29. The van der Waals surface area contributed by atoms with Gasteiger partial charge in [-0.2, -0.15) is 0 Å². The molecule has 0 unspecified atom stereocenters. The summed E-state index contributed by atoms with van der Waals surface area (Å²) >= 11 is 0. The molecule has 2 N–H and O–H groups in total. The highest BCUT2D eigenvalue weighted by Crippen LogP contribution is 2.19. The van der Waals surface area contributed by atoms with Crippen LogP contribution < -0.4 is 10.5 Å². The standard InChI is InChI=1S/C11H10N2O.ClH/c12-9-4-6-10(7-5-9)14-11-3-1-2-8-13-11;/h1-8H,12H2;1H. The zero-order valence-electron chi connectivity index (χ0n) is 7.96. The molecule has 15 heavy (non-hydrogen) atoms. The van der Waals surface area contributed by atoms with Crippen LogP contribution in [0, 0.1) is 0 Å². The number of ether oxygens (including phenoxy) is 1. The molecule has 2 aromatic rings. The van der Waals surface area contributed by atoms with Gasteiger partial charge in [-0.25, -0.2) is 4.98 Å². The normalized spacial score (nSPS) is 9.07. The van der Waals surface area contributed by atoms with Crippen molar-refractivity contribution in [1.29, 1.82) is 0 Å². The van der Waals surface area contributed by atoms with E-state index in [0.717, 1.165) is 11.4 Å². The SMILES string of the molecule is Cl.Nc1ccc(Oc2ccccn2)cc1. The van der Waals surface area contributed by atoms with Crippen LogP contribution in [0.5, 0.6) is 11.6 Å². The Morgan fingerprint density at radius 1 is 1.00 bits per heavy atom. The highest BCUT2D eigenvalue weighted by atomic mass is 35.5. The molecule has 0 fully saturated rings. The van der Waals surface area contributed by atoms with E-state index in [0.29, 0.717) is 5.88 Å². The quantitative estimate of drug-likeness (QED) is 0.795. The van der Waals surface area contributed by atoms with Gasteiger partial charge < -0.3 is 10.5 Å². The summed E-state index contributed by atoms with van der Waals surface area (Å²) in [6, 6.07) is 12.7. The molecule has 1 aromatic heterocycles. The zero-order chi connectivity index (χ0) is 9.80. The summed E-state index contributed by atoms with van der Waals surface area (Å²) in [7, 11) is 0. The molecule has 0 aliphatic carbocycles. The van der Waals surface area contributed by atoms with E-state index in [9.17, 15) is 0 Å². The maximum absolute atomic E-state index is 5.55. The molecule has 0 atom stereocenters. The van der Waals surface area contributed by atoms with Gasteiger partial charge in [0.25, 0.3) is 0 Å². The minimum atomic E-state index is 0. The molecule has 0 spiro atoms. The summed E-state index contributed by atoms with van der Waals surface area (Å²) in [5, 5.41) is 0. The average molecular weight is 223 g/mol. The van der Waals surface area contributed by atoms with Gasteiger partial charge in [-0.3, -0.25) is 0 Å². The first kappa shape index (κ1) is 11.3. The van der Waals surface area contributed by atoms with Gasteiger partial charge in [0.15, 0.2) is 0 Å². The van der Waals surface area contributed by atoms with Gasteiger partial charge >= 0.3 is 0 Å². The number of hydrogen-bond donors (Lipinski definition) is 1. The number of hydrogen-bond acceptors (Lipinski definition) is 3. The van der Waals surface area contributed by atoms with Crippen molar-refractivity contribution < 1.29 is 4.74 Å². The van der Waals surface area contributed by atoms with Crippen LogP contribution in [0.4, 0.5) is 5.69 Å². The Morgan fingerprint density at radius 2 is 1.73 bits per heavy atom. The van der Waals surface area contributed by atoms with Crippen LogP contribution >= 0.6 is 12.4 Å². The molecule has 0 radical (unpaired) electrons. The Hall–Kier alpha value is -1.74. The molecule has 3 nitrogen and oxygen atoms in total. The van der Waals surface area contributed by atoms with Gasteiger partial charge in [-0.05, 0) is 30.3 Å². The number of halogens is 1. The first-order valence-electron chi connectivity index (χ1n) is 4.29. The molecule has 0 aliphatic heterocycles. The monoisotopic (exact) mass is 222 g/mol. The number of nitrogens with zero attached hydrogens (tertiary/aromatic N) is 1. The van der Waals surface area contributed by atoms with Gasteiger partial charge in [0.05, 0.1) is 0 Å². The second-order valence-corrected chi connectivity index (χ2v) is 2.84. The van der Waals surface area contributed by atoms with Crippen LogP contribution in [0.2, 0.25) is 0 Å².